The number of rotatable bonds is 5. The van der Waals surface area contributed by atoms with E-state index in [0.29, 0.717) is 12.8 Å². The zero-order valence-electron chi connectivity index (χ0n) is 11.4. The number of carbonyl (C=O) groups is 3. The molecule has 0 heterocycles. The fourth-order valence-corrected chi connectivity index (χ4v) is 2.47. The molecule has 7 heteroatoms. The van der Waals surface area contributed by atoms with Crippen LogP contribution in [0.5, 0.6) is 0 Å². The molecule has 0 radical (unpaired) electrons. The van der Waals surface area contributed by atoms with Gasteiger partial charge in [-0.15, -0.1) is 0 Å². The van der Waals surface area contributed by atoms with Gasteiger partial charge in [0.2, 0.25) is 5.91 Å². The molecule has 112 valence electrons. The fraction of sp³-hybridized carbons (Fsp3) is 0.769. The second-order valence-corrected chi connectivity index (χ2v) is 5.60. The summed E-state index contributed by atoms with van der Waals surface area (Å²) in [6, 6.07) is -0.187. The van der Waals surface area contributed by atoms with E-state index in [2.05, 4.69) is 16.0 Å². The lowest BCUT2D eigenvalue weighted by Crippen LogP contribution is -2.50. The van der Waals surface area contributed by atoms with Crippen molar-refractivity contribution in [2.24, 2.45) is 0 Å². The van der Waals surface area contributed by atoms with Crippen molar-refractivity contribution in [1.82, 2.24) is 16.0 Å². The molecule has 0 atom stereocenters. The summed E-state index contributed by atoms with van der Waals surface area (Å²) in [6.07, 6.45) is 6.28. The Bertz CT molecular complexity index is 400. The van der Waals surface area contributed by atoms with E-state index in [1.807, 2.05) is 0 Å². The second kappa shape index (κ2) is 6.11. The first-order valence-corrected chi connectivity index (χ1v) is 7.11. The van der Waals surface area contributed by atoms with Crippen LogP contribution >= 0.6 is 0 Å². The third-order valence-electron chi connectivity index (χ3n) is 3.89. The van der Waals surface area contributed by atoms with Crippen LogP contribution in [0, 0.1) is 0 Å². The summed E-state index contributed by atoms with van der Waals surface area (Å²) in [7, 11) is 0. The van der Waals surface area contributed by atoms with Crippen LogP contribution in [0.2, 0.25) is 0 Å². The maximum absolute atomic E-state index is 11.6. The predicted octanol–water partition coefficient (Wildman–Crippen LogP) is 0.352. The van der Waals surface area contributed by atoms with Gasteiger partial charge in [0, 0.05) is 6.04 Å². The van der Waals surface area contributed by atoms with Crippen LogP contribution < -0.4 is 16.0 Å². The molecule has 0 aromatic carbocycles. The summed E-state index contributed by atoms with van der Waals surface area (Å²) in [5.41, 5.74) is -1.10. The van der Waals surface area contributed by atoms with E-state index in [1.165, 1.54) is 6.42 Å². The van der Waals surface area contributed by atoms with Crippen molar-refractivity contribution in [2.45, 2.75) is 56.5 Å². The van der Waals surface area contributed by atoms with E-state index in [4.69, 9.17) is 5.11 Å². The number of nitrogens with one attached hydrogen (secondary N) is 3. The molecule has 0 aromatic rings. The van der Waals surface area contributed by atoms with Gasteiger partial charge < -0.3 is 21.1 Å². The highest BCUT2D eigenvalue weighted by atomic mass is 16.4. The summed E-state index contributed by atoms with van der Waals surface area (Å²) in [5.74, 6) is -1.48. The van der Waals surface area contributed by atoms with Gasteiger partial charge in [-0.3, -0.25) is 4.79 Å². The average Bonchev–Trinajstić information content (AvgIpc) is 3.19. The maximum atomic E-state index is 11.6. The Morgan fingerprint density at radius 3 is 2.30 bits per heavy atom. The molecular weight excluding hydrogens is 262 g/mol. The average molecular weight is 283 g/mol. The molecule has 2 fully saturated rings. The van der Waals surface area contributed by atoms with Crippen molar-refractivity contribution < 1.29 is 19.5 Å². The molecule has 3 amide bonds. The monoisotopic (exact) mass is 283 g/mol. The Labute approximate surface area is 117 Å². The number of carboxylic acid groups (broad SMARTS) is 1. The van der Waals surface area contributed by atoms with Gasteiger partial charge in [0.15, 0.2) is 0 Å². The van der Waals surface area contributed by atoms with Crippen LogP contribution in [0.4, 0.5) is 4.79 Å². The minimum atomic E-state index is -1.10. The molecule has 20 heavy (non-hydrogen) atoms. The summed E-state index contributed by atoms with van der Waals surface area (Å²) in [6.45, 7) is -0.201. The molecule has 2 saturated carbocycles. The zero-order chi connectivity index (χ0) is 14.6. The first-order valence-electron chi connectivity index (χ1n) is 7.11. The number of aliphatic carboxylic acids is 1. The van der Waals surface area contributed by atoms with E-state index in [1.54, 1.807) is 0 Å². The third-order valence-corrected chi connectivity index (χ3v) is 3.89. The Balaban J connectivity index is 1.65. The standard InChI is InChI=1S/C13H21N3O4/c17-10(16-13(6-7-13)11(18)19)8-14-12(20)15-9-4-2-1-3-5-9/h9H,1-8H2,(H,16,17)(H,18,19)(H2,14,15,20). The van der Waals surface area contributed by atoms with Crippen LogP contribution in [0.25, 0.3) is 0 Å². The topological polar surface area (TPSA) is 108 Å². The van der Waals surface area contributed by atoms with Crippen molar-refractivity contribution in [3.8, 4) is 0 Å². The Hall–Kier alpha value is -1.79. The SMILES string of the molecule is O=C(CNC(=O)NC1CCCCC1)NC1(C(=O)O)CC1. The van der Waals surface area contributed by atoms with Crippen molar-refractivity contribution in [3.63, 3.8) is 0 Å². The molecular formula is C13H21N3O4. The minimum absolute atomic E-state index is 0.181. The number of amides is 3. The second-order valence-electron chi connectivity index (χ2n) is 5.60. The number of carbonyl (C=O) groups excluding carboxylic acids is 2. The van der Waals surface area contributed by atoms with E-state index in [9.17, 15) is 14.4 Å². The Morgan fingerprint density at radius 2 is 1.75 bits per heavy atom. The largest absolute Gasteiger partial charge is 0.480 e. The number of urea groups is 1. The van der Waals surface area contributed by atoms with Crippen molar-refractivity contribution in [3.05, 3.63) is 0 Å². The van der Waals surface area contributed by atoms with Gasteiger partial charge in [0.25, 0.3) is 0 Å². The summed E-state index contributed by atoms with van der Waals surface area (Å²) in [5, 5.41) is 16.7. The smallest absolute Gasteiger partial charge is 0.329 e. The molecule has 2 aliphatic rings. The molecule has 7 nitrogen and oxygen atoms in total. The molecule has 0 aromatic heterocycles. The van der Waals surface area contributed by atoms with Gasteiger partial charge in [-0.25, -0.2) is 9.59 Å². The van der Waals surface area contributed by atoms with Gasteiger partial charge in [0.1, 0.15) is 5.54 Å². The predicted molar refractivity (Wildman–Crippen MR) is 71.2 cm³/mol. The van der Waals surface area contributed by atoms with Crippen LogP contribution in [0.1, 0.15) is 44.9 Å². The van der Waals surface area contributed by atoms with E-state index in [-0.39, 0.29) is 18.6 Å². The third kappa shape index (κ3) is 3.85. The minimum Gasteiger partial charge on any atom is -0.480 e. The molecule has 0 spiro atoms. The lowest BCUT2D eigenvalue weighted by molar-refractivity contribution is -0.143. The van der Waals surface area contributed by atoms with Gasteiger partial charge in [-0.2, -0.15) is 0 Å². The molecule has 0 unspecified atom stereocenters. The molecule has 2 aliphatic carbocycles. The first kappa shape index (κ1) is 14.6. The molecule has 0 aliphatic heterocycles. The van der Waals surface area contributed by atoms with E-state index in [0.717, 1.165) is 25.7 Å². The summed E-state index contributed by atoms with van der Waals surface area (Å²) in [4.78, 5) is 34.1. The van der Waals surface area contributed by atoms with E-state index >= 15 is 0 Å². The van der Waals surface area contributed by atoms with Crippen molar-refractivity contribution >= 4 is 17.9 Å². The normalized spacial score (nSPS) is 20.8. The summed E-state index contributed by atoms with van der Waals surface area (Å²) < 4.78 is 0. The van der Waals surface area contributed by atoms with Crippen LogP contribution in [0.15, 0.2) is 0 Å². The van der Waals surface area contributed by atoms with Crippen LogP contribution in [-0.2, 0) is 9.59 Å². The number of carboxylic acids is 1. The van der Waals surface area contributed by atoms with Crippen LogP contribution in [-0.4, -0.2) is 41.1 Å². The molecule has 2 rings (SSSR count). The highest BCUT2D eigenvalue weighted by Crippen LogP contribution is 2.35. The van der Waals surface area contributed by atoms with Gasteiger partial charge in [-0.05, 0) is 25.7 Å². The Morgan fingerprint density at radius 1 is 1.10 bits per heavy atom. The van der Waals surface area contributed by atoms with Gasteiger partial charge >= 0.3 is 12.0 Å². The molecule has 0 bridgehead atoms. The van der Waals surface area contributed by atoms with E-state index < -0.39 is 17.4 Å². The van der Waals surface area contributed by atoms with Crippen molar-refractivity contribution in [2.75, 3.05) is 6.54 Å². The fourth-order valence-electron chi connectivity index (χ4n) is 2.47. The number of hydrogen-bond donors (Lipinski definition) is 4. The Kier molecular flexibility index (Phi) is 4.46. The number of hydrogen-bond acceptors (Lipinski definition) is 3. The maximum Gasteiger partial charge on any atom is 0.329 e. The quantitative estimate of drug-likeness (QED) is 0.584. The zero-order valence-corrected chi connectivity index (χ0v) is 11.4. The lowest BCUT2D eigenvalue weighted by Gasteiger charge is -2.22. The van der Waals surface area contributed by atoms with Crippen molar-refractivity contribution in [1.29, 1.82) is 0 Å². The lowest BCUT2D eigenvalue weighted by atomic mass is 9.96. The first-order chi connectivity index (χ1) is 9.52. The highest BCUT2D eigenvalue weighted by Gasteiger charge is 2.51. The highest BCUT2D eigenvalue weighted by molar-refractivity contribution is 5.91. The van der Waals surface area contributed by atoms with Crippen LogP contribution in [0.3, 0.4) is 0 Å². The molecule has 4 N–H and O–H groups in total. The van der Waals surface area contributed by atoms with Gasteiger partial charge in [-0.1, -0.05) is 19.3 Å². The molecule has 0 saturated heterocycles. The summed E-state index contributed by atoms with van der Waals surface area (Å²) >= 11 is 0. The van der Waals surface area contributed by atoms with Gasteiger partial charge in [0.05, 0.1) is 6.54 Å².